The average molecular weight is 304 g/mol. The monoisotopic (exact) mass is 304 g/mol. The third-order valence-electron chi connectivity index (χ3n) is 3.52. The highest BCUT2D eigenvalue weighted by molar-refractivity contribution is 7.80. The van der Waals surface area contributed by atoms with Crippen molar-refractivity contribution in [2.24, 2.45) is 29.4 Å². The molecule has 3 atom stereocenters. The molecule has 0 amide bonds. The second-order valence-corrected chi connectivity index (χ2v) is 5.83. The van der Waals surface area contributed by atoms with Gasteiger partial charge in [0.25, 0.3) is 0 Å². The Morgan fingerprint density at radius 2 is 1.75 bits per heavy atom. The topological polar surface area (TPSA) is 112 Å². The Hall–Kier alpha value is -0.920. The quantitative estimate of drug-likeness (QED) is 0.342. The summed E-state index contributed by atoms with van der Waals surface area (Å²) in [6, 6.07) is 0. The van der Waals surface area contributed by atoms with Gasteiger partial charge in [-0.15, -0.1) is 0 Å². The number of carbonyl (C=O) groups is 3. The largest absolute Gasteiger partial charge is 0.372 e. The van der Waals surface area contributed by atoms with E-state index in [1.807, 2.05) is 13.8 Å². The number of rotatable bonds is 8. The molecule has 0 spiro atoms. The lowest BCUT2D eigenvalue weighted by molar-refractivity contribution is -0.159. The summed E-state index contributed by atoms with van der Waals surface area (Å²) in [5.41, 5.74) is 3.76. The molecular formula is C13H24N2O4S. The summed E-state index contributed by atoms with van der Waals surface area (Å²) in [5, 5.41) is 0. The molecule has 0 aliphatic carbocycles. The maximum absolute atomic E-state index is 12.5. The summed E-state index contributed by atoms with van der Waals surface area (Å²) in [4.78, 5) is 39.9. The van der Waals surface area contributed by atoms with Crippen LogP contribution in [0.3, 0.4) is 0 Å². The molecule has 0 radical (unpaired) electrons. The van der Waals surface area contributed by atoms with Crippen molar-refractivity contribution in [1.82, 2.24) is 0 Å². The first-order chi connectivity index (χ1) is 9.12. The van der Waals surface area contributed by atoms with E-state index in [1.165, 1.54) is 6.92 Å². The van der Waals surface area contributed by atoms with Gasteiger partial charge in [-0.2, -0.15) is 18.5 Å². The van der Waals surface area contributed by atoms with Crippen LogP contribution in [0.5, 0.6) is 0 Å². The van der Waals surface area contributed by atoms with Crippen molar-refractivity contribution < 1.29 is 19.2 Å². The molecule has 0 aliphatic heterocycles. The Morgan fingerprint density at radius 3 is 2.05 bits per heavy atom. The number of Topliss-reactive ketones (excluding diaryl/α,β-unsaturated/α-hetero) is 2. The molecule has 4 N–H and O–H groups in total. The van der Waals surface area contributed by atoms with E-state index in [1.54, 1.807) is 0 Å². The van der Waals surface area contributed by atoms with Crippen LogP contribution < -0.4 is 11.6 Å². The Bertz CT molecular complexity index is 387. The van der Waals surface area contributed by atoms with Crippen molar-refractivity contribution >= 4 is 30.2 Å². The first kappa shape index (κ1) is 19.1. The van der Waals surface area contributed by atoms with Crippen LogP contribution in [0.2, 0.25) is 0 Å². The molecule has 0 aromatic heterocycles. The van der Waals surface area contributed by atoms with E-state index in [0.717, 1.165) is 6.92 Å². The summed E-state index contributed by atoms with van der Waals surface area (Å²) in [7, 11) is 0. The second-order valence-electron chi connectivity index (χ2n) is 5.46. The average Bonchev–Trinajstić information content (AvgIpc) is 2.40. The number of ketones is 2. The molecule has 3 unspecified atom stereocenters. The fourth-order valence-corrected chi connectivity index (χ4v) is 2.48. The van der Waals surface area contributed by atoms with Gasteiger partial charge in [0, 0.05) is 11.7 Å². The molecular weight excluding hydrogens is 280 g/mol. The lowest BCUT2D eigenvalue weighted by Gasteiger charge is -2.31. The minimum atomic E-state index is -2.05. The Morgan fingerprint density at radius 1 is 1.25 bits per heavy atom. The minimum Gasteiger partial charge on any atom is -0.372 e. The normalized spacial score (nSPS) is 17.2. The van der Waals surface area contributed by atoms with Gasteiger partial charge in [0.15, 0.2) is 11.3 Å². The molecule has 0 aromatic carbocycles. The molecule has 0 bridgehead atoms. The zero-order valence-electron chi connectivity index (χ0n) is 12.4. The van der Waals surface area contributed by atoms with E-state index in [4.69, 9.17) is 11.6 Å². The Kier molecular flexibility index (Phi) is 7.40. The zero-order valence-corrected chi connectivity index (χ0v) is 13.3. The van der Waals surface area contributed by atoms with Crippen molar-refractivity contribution in [2.75, 3.05) is 5.75 Å². The van der Waals surface area contributed by atoms with E-state index in [9.17, 15) is 14.4 Å². The molecule has 0 heterocycles. The maximum Gasteiger partial charge on any atom is 0.353 e. The SMILES string of the molecule is CC(=O)C(N)(C(=O)ON)C(C)C(=O)C(CS)CC(C)C. The Labute approximate surface area is 125 Å². The highest BCUT2D eigenvalue weighted by atomic mass is 32.1. The highest BCUT2D eigenvalue weighted by Crippen LogP contribution is 2.25. The predicted molar refractivity (Wildman–Crippen MR) is 78.8 cm³/mol. The van der Waals surface area contributed by atoms with Crippen LogP contribution in [0.4, 0.5) is 0 Å². The van der Waals surface area contributed by atoms with Gasteiger partial charge in [-0.1, -0.05) is 20.8 Å². The molecule has 0 aromatic rings. The van der Waals surface area contributed by atoms with Gasteiger partial charge in [-0.05, 0) is 19.3 Å². The van der Waals surface area contributed by atoms with Gasteiger partial charge < -0.3 is 10.6 Å². The van der Waals surface area contributed by atoms with E-state index in [2.05, 4.69) is 17.5 Å². The van der Waals surface area contributed by atoms with Crippen molar-refractivity contribution in [3.63, 3.8) is 0 Å². The van der Waals surface area contributed by atoms with E-state index in [0.29, 0.717) is 12.2 Å². The fourth-order valence-electron chi connectivity index (χ4n) is 2.15. The number of hydrogen-bond acceptors (Lipinski definition) is 7. The number of hydrogen-bond donors (Lipinski definition) is 3. The maximum atomic E-state index is 12.5. The summed E-state index contributed by atoms with van der Waals surface area (Å²) < 4.78 is 0. The molecule has 0 aliphatic rings. The first-order valence-electron chi connectivity index (χ1n) is 6.48. The second kappa shape index (κ2) is 7.75. The highest BCUT2D eigenvalue weighted by Gasteiger charge is 2.50. The zero-order chi connectivity index (χ0) is 16.1. The molecule has 0 rings (SSSR count). The van der Waals surface area contributed by atoms with Gasteiger partial charge in [0.1, 0.15) is 5.78 Å². The van der Waals surface area contributed by atoms with Crippen LogP contribution in [0.1, 0.15) is 34.1 Å². The van der Waals surface area contributed by atoms with Crippen LogP contribution in [-0.2, 0) is 19.2 Å². The molecule has 20 heavy (non-hydrogen) atoms. The third kappa shape index (κ3) is 4.04. The number of thiol groups is 1. The summed E-state index contributed by atoms with van der Waals surface area (Å²) >= 11 is 4.16. The van der Waals surface area contributed by atoms with Crippen molar-refractivity contribution in [3.05, 3.63) is 0 Å². The standard InChI is InChI=1S/C13H24N2O4S/c1-7(2)5-10(6-20)11(17)8(3)13(14,9(4)16)12(18)19-15/h7-8,10,20H,5-6,14-15H2,1-4H3. The number of carbonyl (C=O) groups excluding carboxylic acids is 3. The Balaban J connectivity index is 5.36. The van der Waals surface area contributed by atoms with E-state index < -0.39 is 23.2 Å². The molecule has 7 heteroatoms. The molecule has 6 nitrogen and oxygen atoms in total. The number of nitrogens with two attached hydrogens (primary N) is 2. The van der Waals surface area contributed by atoms with Crippen LogP contribution in [0.15, 0.2) is 0 Å². The van der Waals surface area contributed by atoms with E-state index in [-0.39, 0.29) is 17.6 Å². The van der Waals surface area contributed by atoms with Gasteiger partial charge in [0.2, 0.25) is 0 Å². The van der Waals surface area contributed by atoms with Gasteiger partial charge in [0.05, 0.1) is 5.92 Å². The summed E-state index contributed by atoms with van der Waals surface area (Å²) in [6.07, 6.45) is 0.609. The van der Waals surface area contributed by atoms with Gasteiger partial charge >= 0.3 is 5.97 Å². The molecule has 0 saturated heterocycles. The molecule has 0 saturated carbocycles. The van der Waals surface area contributed by atoms with E-state index >= 15 is 0 Å². The molecule has 116 valence electrons. The van der Waals surface area contributed by atoms with Crippen LogP contribution in [0.25, 0.3) is 0 Å². The fraction of sp³-hybridized carbons (Fsp3) is 0.769. The van der Waals surface area contributed by atoms with Crippen LogP contribution in [0, 0.1) is 17.8 Å². The molecule has 0 fully saturated rings. The lowest BCUT2D eigenvalue weighted by atomic mass is 9.75. The van der Waals surface area contributed by atoms with Crippen molar-refractivity contribution in [2.45, 2.75) is 39.7 Å². The smallest absolute Gasteiger partial charge is 0.353 e. The third-order valence-corrected chi connectivity index (χ3v) is 3.96. The summed E-state index contributed by atoms with van der Waals surface area (Å²) in [5.74, 6) is 1.99. The first-order valence-corrected chi connectivity index (χ1v) is 7.11. The van der Waals surface area contributed by atoms with Crippen LogP contribution in [-0.4, -0.2) is 28.8 Å². The predicted octanol–water partition coefficient (Wildman–Crippen LogP) is 0.487. The van der Waals surface area contributed by atoms with Crippen molar-refractivity contribution in [1.29, 1.82) is 0 Å². The van der Waals surface area contributed by atoms with Gasteiger partial charge in [-0.25, -0.2) is 4.79 Å². The van der Waals surface area contributed by atoms with Crippen LogP contribution >= 0.6 is 12.6 Å². The lowest BCUT2D eigenvalue weighted by Crippen LogP contribution is -2.62. The minimum absolute atomic E-state index is 0.281. The van der Waals surface area contributed by atoms with Gasteiger partial charge in [-0.3, -0.25) is 9.59 Å². The summed E-state index contributed by atoms with van der Waals surface area (Å²) in [6.45, 7) is 6.53. The van der Waals surface area contributed by atoms with Crippen molar-refractivity contribution in [3.8, 4) is 0 Å².